The van der Waals surface area contributed by atoms with Gasteiger partial charge in [-0.05, 0) is 44.6 Å². The van der Waals surface area contributed by atoms with E-state index < -0.39 is 0 Å². The van der Waals surface area contributed by atoms with Gasteiger partial charge in [-0.1, -0.05) is 6.92 Å². The molecule has 64 valence electrons. The number of fused-ring (bicyclic) bond motifs is 3. The summed E-state index contributed by atoms with van der Waals surface area (Å²) in [6, 6.07) is 0.972. The van der Waals surface area contributed by atoms with Gasteiger partial charge in [0.15, 0.2) is 0 Å². The molecule has 1 saturated carbocycles. The normalized spacial score (nSPS) is 37.9. The van der Waals surface area contributed by atoms with Crippen LogP contribution in [-0.4, -0.2) is 24.0 Å². The van der Waals surface area contributed by atoms with Crippen molar-refractivity contribution >= 4 is 0 Å². The third kappa shape index (κ3) is 1.44. The molecule has 11 heavy (non-hydrogen) atoms. The third-order valence-corrected chi connectivity index (χ3v) is 3.34. The minimum Gasteiger partial charge on any atom is -0.300 e. The molecule has 1 aliphatic carbocycles. The zero-order chi connectivity index (χ0) is 7.68. The standard InChI is InChI=1S/C10H19N/c1-2-7-11-8-9-3-5-10(11)6-4-9/h9-10H,2-8H2,1H3. The van der Waals surface area contributed by atoms with E-state index in [0.29, 0.717) is 0 Å². The van der Waals surface area contributed by atoms with Crippen molar-refractivity contribution in [1.82, 2.24) is 4.90 Å². The van der Waals surface area contributed by atoms with E-state index in [0.717, 1.165) is 12.0 Å². The number of hydrogen-bond acceptors (Lipinski definition) is 1. The Morgan fingerprint density at radius 1 is 1.18 bits per heavy atom. The highest BCUT2D eigenvalue weighted by atomic mass is 15.2. The van der Waals surface area contributed by atoms with Gasteiger partial charge in [-0.3, -0.25) is 0 Å². The zero-order valence-corrected chi connectivity index (χ0v) is 7.55. The molecule has 2 bridgehead atoms. The minimum absolute atomic E-state index is 0.972. The lowest BCUT2D eigenvalue weighted by Gasteiger charge is -2.45. The first-order valence-corrected chi connectivity index (χ1v) is 5.14. The first-order chi connectivity index (χ1) is 5.40. The predicted molar refractivity (Wildman–Crippen MR) is 47.6 cm³/mol. The molecule has 1 heteroatoms. The molecule has 3 fully saturated rings. The van der Waals surface area contributed by atoms with Crippen LogP contribution in [0, 0.1) is 5.92 Å². The van der Waals surface area contributed by atoms with E-state index in [2.05, 4.69) is 11.8 Å². The molecule has 0 amide bonds. The lowest BCUT2D eigenvalue weighted by Crippen LogP contribution is -2.48. The lowest BCUT2D eigenvalue weighted by molar-refractivity contribution is 0.0493. The molecule has 0 aromatic heterocycles. The van der Waals surface area contributed by atoms with Crippen molar-refractivity contribution < 1.29 is 0 Å². The average Bonchev–Trinajstić information content (AvgIpc) is 2.07. The van der Waals surface area contributed by atoms with Crippen LogP contribution in [-0.2, 0) is 0 Å². The fourth-order valence-corrected chi connectivity index (χ4v) is 2.73. The van der Waals surface area contributed by atoms with Crippen LogP contribution in [0.3, 0.4) is 0 Å². The Bertz CT molecular complexity index is 125. The van der Waals surface area contributed by atoms with Gasteiger partial charge in [0.1, 0.15) is 0 Å². The summed E-state index contributed by atoms with van der Waals surface area (Å²) >= 11 is 0. The number of hydrogen-bond donors (Lipinski definition) is 0. The lowest BCUT2D eigenvalue weighted by atomic mass is 9.80. The average molecular weight is 153 g/mol. The second kappa shape index (κ2) is 3.14. The summed E-state index contributed by atoms with van der Waals surface area (Å²) in [5.41, 5.74) is 0. The quantitative estimate of drug-likeness (QED) is 0.588. The molecule has 2 saturated heterocycles. The van der Waals surface area contributed by atoms with Crippen molar-refractivity contribution in [2.75, 3.05) is 13.1 Å². The number of rotatable bonds is 2. The van der Waals surface area contributed by atoms with Crippen LogP contribution in [0.5, 0.6) is 0 Å². The van der Waals surface area contributed by atoms with E-state index in [1.54, 1.807) is 0 Å². The Morgan fingerprint density at radius 3 is 2.36 bits per heavy atom. The Balaban J connectivity index is 1.92. The van der Waals surface area contributed by atoms with E-state index >= 15 is 0 Å². The summed E-state index contributed by atoms with van der Waals surface area (Å²) in [6.45, 7) is 5.06. The van der Waals surface area contributed by atoms with Crippen molar-refractivity contribution in [2.45, 2.75) is 45.1 Å². The zero-order valence-electron chi connectivity index (χ0n) is 7.55. The van der Waals surface area contributed by atoms with Crippen molar-refractivity contribution in [3.05, 3.63) is 0 Å². The summed E-state index contributed by atoms with van der Waals surface area (Å²) in [6.07, 6.45) is 7.36. The summed E-state index contributed by atoms with van der Waals surface area (Å²) in [7, 11) is 0. The van der Waals surface area contributed by atoms with Gasteiger partial charge in [0.05, 0.1) is 0 Å². The molecule has 1 nitrogen and oxygen atoms in total. The van der Waals surface area contributed by atoms with Gasteiger partial charge in [0, 0.05) is 12.6 Å². The minimum atomic E-state index is 0.972. The van der Waals surface area contributed by atoms with Gasteiger partial charge in [0.2, 0.25) is 0 Å². The molecule has 3 aliphatic rings. The first-order valence-electron chi connectivity index (χ1n) is 5.14. The second-order valence-corrected chi connectivity index (χ2v) is 4.17. The molecule has 0 N–H and O–H groups in total. The molecule has 3 rings (SSSR count). The van der Waals surface area contributed by atoms with Gasteiger partial charge in [0.25, 0.3) is 0 Å². The smallest absolute Gasteiger partial charge is 0.00955 e. The van der Waals surface area contributed by atoms with Crippen LogP contribution < -0.4 is 0 Å². The third-order valence-electron chi connectivity index (χ3n) is 3.34. The highest BCUT2D eigenvalue weighted by Gasteiger charge is 2.32. The Kier molecular flexibility index (Phi) is 2.17. The Morgan fingerprint density at radius 2 is 1.91 bits per heavy atom. The SMILES string of the molecule is CCCN1CC2CCC1CC2. The summed E-state index contributed by atoms with van der Waals surface area (Å²) < 4.78 is 0. The summed E-state index contributed by atoms with van der Waals surface area (Å²) in [5, 5.41) is 0. The van der Waals surface area contributed by atoms with Crippen LogP contribution in [0.4, 0.5) is 0 Å². The maximum atomic E-state index is 2.72. The van der Waals surface area contributed by atoms with Crippen molar-refractivity contribution in [3.8, 4) is 0 Å². The number of piperidine rings is 2. The molecule has 2 heterocycles. The highest BCUT2D eigenvalue weighted by molar-refractivity contribution is 4.87. The van der Waals surface area contributed by atoms with E-state index in [1.165, 1.54) is 45.2 Å². The van der Waals surface area contributed by atoms with Crippen molar-refractivity contribution in [3.63, 3.8) is 0 Å². The Labute approximate surface area is 69.8 Å². The molecular weight excluding hydrogens is 134 g/mol. The van der Waals surface area contributed by atoms with Gasteiger partial charge in [-0.15, -0.1) is 0 Å². The maximum absolute atomic E-state index is 2.72. The fourth-order valence-electron chi connectivity index (χ4n) is 2.73. The molecule has 0 radical (unpaired) electrons. The van der Waals surface area contributed by atoms with Gasteiger partial charge in [-0.25, -0.2) is 0 Å². The van der Waals surface area contributed by atoms with Crippen LogP contribution in [0.15, 0.2) is 0 Å². The topological polar surface area (TPSA) is 3.24 Å². The molecule has 0 aromatic carbocycles. The molecule has 2 aliphatic heterocycles. The van der Waals surface area contributed by atoms with Crippen LogP contribution in [0.2, 0.25) is 0 Å². The fraction of sp³-hybridized carbons (Fsp3) is 1.00. The van der Waals surface area contributed by atoms with Crippen LogP contribution >= 0.6 is 0 Å². The summed E-state index contributed by atoms with van der Waals surface area (Å²) in [5.74, 6) is 1.06. The molecule has 0 aromatic rings. The van der Waals surface area contributed by atoms with Crippen LogP contribution in [0.1, 0.15) is 39.0 Å². The first kappa shape index (κ1) is 7.60. The van der Waals surface area contributed by atoms with Crippen molar-refractivity contribution in [2.24, 2.45) is 5.92 Å². The number of nitrogens with zero attached hydrogens (tertiary/aromatic N) is 1. The Hall–Kier alpha value is -0.0400. The van der Waals surface area contributed by atoms with E-state index in [1.807, 2.05) is 0 Å². The molecule has 0 unspecified atom stereocenters. The molecular formula is C10H19N. The van der Waals surface area contributed by atoms with E-state index in [-0.39, 0.29) is 0 Å². The van der Waals surface area contributed by atoms with E-state index in [4.69, 9.17) is 0 Å². The predicted octanol–water partition coefficient (Wildman–Crippen LogP) is 2.27. The maximum Gasteiger partial charge on any atom is 0.00955 e. The molecule has 0 atom stereocenters. The van der Waals surface area contributed by atoms with Gasteiger partial charge in [-0.2, -0.15) is 0 Å². The largest absolute Gasteiger partial charge is 0.300 e. The molecule has 0 spiro atoms. The van der Waals surface area contributed by atoms with Crippen LogP contribution in [0.25, 0.3) is 0 Å². The van der Waals surface area contributed by atoms with Gasteiger partial charge >= 0.3 is 0 Å². The summed E-state index contributed by atoms with van der Waals surface area (Å²) in [4.78, 5) is 2.72. The second-order valence-electron chi connectivity index (χ2n) is 4.17. The monoisotopic (exact) mass is 153 g/mol. The van der Waals surface area contributed by atoms with E-state index in [9.17, 15) is 0 Å². The van der Waals surface area contributed by atoms with Gasteiger partial charge < -0.3 is 4.90 Å². The van der Waals surface area contributed by atoms with Crippen molar-refractivity contribution in [1.29, 1.82) is 0 Å². The highest BCUT2D eigenvalue weighted by Crippen LogP contribution is 2.34.